The average molecular weight is 237 g/mol. The maximum absolute atomic E-state index is 13.3. The molecular weight excluding hydrogens is 224 g/mol. The third-order valence-corrected chi connectivity index (χ3v) is 2.77. The number of carboxylic acid groups (broad SMARTS) is 1. The van der Waals surface area contributed by atoms with Gasteiger partial charge in [0.1, 0.15) is 0 Å². The Morgan fingerprint density at radius 1 is 1.44 bits per heavy atom. The lowest BCUT2D eigenvalue weighted by atomic mass is 9.86. The fraction of sp³-hybridized carbons (Fsp3) is 0.778. The molecule has 1 fully saturated rings. The first-order valence-corrected chi connectivity index (χ1v) is 4.80. The smallest absolute Gasteiger partial charge is 0.377 e. The lowest BCUT2D eigenvalue weighted by molar-refractivity contribution is -0.220. The Balaban J connectivity index is 2.92. The fourth-order valence-electron chi connectivity index (χ4n) is 1.76. The summed E-state index contributed by atoms with van der Waals surface area (Å²) >= 11 is 0. The molecule has 0 aromatic rings. The van der Waals surface area contributed by atoms with Crippen molar-refractivity contribution in [1.82, 2.24) is 4.90 Å². The van der Waals surface area contributed by atoms with Gasteiger partial charge >= 0.3 is 11.9 Å². The van der Waals surface area contributed by atoms with Crippen LogP contribution in [0.15, 0.2) is 0 Å². The molecule has 0 spiro atoms. The minimum Gasteiger partial charge on any atom is -0.477 e. The van der Waals surface area contributed by atoms with Crippen LogP contribution < -0.4 is 0 Å². The van der Waals surface area contributed by atoms with Gasteiger partial charge in [0.25, 0.3) is 0 Å². The van der Waals surface area contributed by atoms with Gasteiger partial charge in [-0.25, -0.2) is 4.79 Å². The molecule has 16 heavy (non-hydrogen) atoms. The Hall–Kier alpha value is -1.24. The highest BCUT2D eigenvalue weighted by atomic mass is 19.3. The predicted octanol–water partition coefficient (Wildman–Crippen LogP) is 0.0797. The maximum Gasteiger partial charge on any atom is 0.377 e. The third-order valence-electron chi connectivity index (χ3n) is 2.77. The number of rotatable bonds is 2. The lowest BCUT2D eigenvalue weighted by Gasteiger charge is -2.41. The molecule has 2 N–H and O–H groups in total. The van der Waals surface area contributed by atoms with Gasteiger partial charge in [-0.2, -0.15) is 8.78 Å². The predicted molar refractivity (Wildman–Crippen MR) is 49.0 cm³/mol. The van der Waals surface area contributed by atoms with Gasteiger partial charge in [0.15, 0.2) is 5.60 Å². The normalized spacial score (nSPS) is 26.6. The van der Waals surface area contributed by atoms with Crippen LogP contribution in [0.4, 0.5) is 8.78 Å². The van der Waals surface area contributed by atoms with Crippen molar-refractivity contribution in [3.05, 3.63) is 0 Å². The van der Waals surface area contributed by atoms with E-state index in [1.165, 1.54) is 6.92 Å². The number of amides is 1. The quantitative estimate of drug-likeness (QED) is 0.713. The molecule has 0 aromatic heterocycles. The van der Waals surface area contributed by atoms with Crippen LogP contribution in [0.5, 0.6) is 0 Å². The molecule has 92 valence electrons. The van der Waals surface area contributed by atoms with Gasteiger partial charge in [0.05, 0.1) is 6.54 Å². The molecule has 1 saturated heterocycles. The number of carbonyl (C=O) groups is 2. The molecule has 1 rings (SSSR count). The molecule has 5 nitrogen and oxygen atoms in total. The van der Waals surface area contributed by atoms with E-state index in [1.807, 2.05) is 0 Å². The number of alkyl halides is 2. The second kappa shape index (κ2) is 3.97. The molecule has 0 bridgehead atoms. The SMILES string of the molecule is CC(=O)N1CCCC(O)(C(F)(F)C(=O)O)C1. The van der Waals surface area contributed by atoms with Gasteiger partial charge in [-0.1, -0.05) is 0 Å². The van der Waals surface area contributed by atoms with E-state index in [9.17, 15) is 23.5 Å². The molecule has 1 atom stereocenters. The summed E-state index contributed by atoms with van der Waals surface area (Å²) in [6.07, 6.45) is -0.185. The van der Waals surface area contributed by atoms with Crippen LogP contribution in [0, 0.1) is 0 Å². The number of β-amino-alcohol motifs (C(OH)–C–C–N with tert-alkyl or cyclic N) is 1. The summed E-state index contributed by atoms with van der Waals surface area (Å²) in [6.45, 7) is 0.791. The van der Waals surface area contributed by atoms with Crippen molar-refractivity contribution in [2.24, 2.45) is 0 Å². The number of carbonyl (C=O) groups excluding carboxylic acids is 1. The van der Waals surface area contributed by atoms with Crippen molar-refractivity contribution in [2.75, 3.05) is 13.1 Å². The largest absolute Gasteiger partial charge is 0.477 e. The van der Waals surface area contributed by atoms with E-state index < -0.39 is 29.9 Å². The van der Waals surface area contributed by atoms with E-state index in [1.54, 1.807) is 0 Å². The van der Waals surface area contributed by atoms with Crippen molar-refractivity contribution in [2.45, 2.75) is 31.3 Å². The van der Waals surface area contributed by atoms with Crippen LogP contribution in [0.1, 0.15) is 19.8 Å². The minimum atomic E-state index is -4.25. The zero-order valence-electron chi connectivity index (χ0n) is 8.74. The van der Waals surface area contributed by atoms with Crippen LogP contribution in [-0.4, -0.2) is 51.6 Å². The molecule has 1 aliphatic rings. The lowest BCUT2D eigenvalue weighted by Crippen LogP contribution is -2.62. The number of halogens is 2. The monoisotopic (exact) mass is 237 g/mol. The molecular formula is C9H13F2NO4. The summed E-state index contributed by atoms with van der Waals surface area (Å²) in [5.74, 6) is -7.08. The first kappa shape index (κ1) is 12.8. The van der Waals surface area contributed by atoms with E-state index in [0.29, 0.717) is 0 Å². The first-order valence-electron chi connectivity index (χ1n) is 4.80. The number of carboxylic acids is 1. The van der Waals surface area contributed by atoms with Gasteiger partial charge in [-0.15, -0.1) is 0 Å². The molecule has 0 radical (unpaired) electrons. The van der Waals surface area contributed by atoms with Gasteiger partial charge in [-0.05, 0) is 12.8 Å². The molecule has 1 heterocycles. The average Bonchev–Trinajstić information content (AvgIpc) is 2.17. The van der Waals surface area contributed by atoms with Crippen LogP contribution in [0.2, 0.25) is 0 Å². The van der Waals surface area contributed by atoms with Crippen LogP contribution >= 0.6 is 0 Å². The molecule has 1 aliphatic heterocycles. The molecule has 0 aromatic carbocycles. The van der Waals surface area contributed by atoms with E-state index in [-0.39, 0.29) is 19.4 Å². The van der Waals surface area contributed by atoms with Crippen molar-refractivity contribution in [3.63, 3.8) is 0 Å². The number of aliphatic hydroxyl groups is 1. The van der Waals surface area contributed by atoms with Crippen LogP contribution in [-0.2, 0) is 9.59 Å². The first-order chi connectivity index (χ1) is 7.21. The number of piperidine rings is 1. The van der Waals surface area contributed by atoms with Crippen LogP contribution in [0.3, 0.4) is 0 Å². The van der Waals surface area contributed by atoms with E-state index in [2.05, 4.69) is 0 Å². The van der Waals surface area contributed by atoms with Crippen molar-refractivity contribution < 1.29 is 28.6 Å². The van der Waals surface area contributed by atoms with Crippen molar-refractivity contribution in [1.29, 1.82) is 0 Å². The van der Waals surface area contributed by atoms with Gasteiger partial charge in [0, 0.05) is 13.5 Å². The number of likely N-dealkylation sites (tertiary alicyclic amines) is 1. The van der Waals surface area contributed by atoms with E-state index >= 15 is 0 Å². The van der Waals surface area contributed by atoms with Crippen molar-refractivity contribution >= 4 is 11.9 Å². The Morgan fingerprint density at radius 3 is 2.44 bits per heavy atom. The Bertz CT molecular complexity index is 321. The van der Waals surface area contributed by atoms with E-state index in [0.717, 1.165) is 4.90 Å². The molecule has 1 amide bonds. The zero-order valence-corrected chi connectivity index (χ0v) is 8.74. The molecule has 7 heteroatoms. The van der Waals surface area contributed by atoms with Crippen LogP contribution in [0.25, 0.3) is 0 Å². The summed E-state index contributed by atoms with van der Waals surface area (Å²) in [4.78, 5) is 22.4. The Morgan fingerprint density at radius 2 is 2.00 bits per heavy atom. The zero-order chi connectivity index (χ0) is 12.6. The standard InChI is InChI=1S/C9H13F2NO4/c1-6(13)12-4-2-3-8(16,5-12)9(10,11)7(14)15/h16H,2-5H2,1H3,(H,14,15). The number of hydrogen-bond acceptors (Lipinski definition) is 3. The Kier molecular flexibility index (Phi) is 3.18. The second-order valence-corrected chi connectivity index (χ2v) is 3.96. The molecule has 1 unspecified atom stereocenters. The molecule has 0 saturated carbocycles. The van der Waals surface area contributed by atoms with Gasteiger partial charge in [-0.3, -0.25) is 4.79 Å². The Labute approximate surface area is 90.7 Å². The highest BCUT2D eigenvalue weighted by Crippen LogP contribution is 2.36. The summed E-state index contributed by atoms with van der Waals surface area (Å²) in [5.41, 5.74) is -2.68. The number of nitrogens with zero attached hydrogens (tertiary/aromatic N) is 1. The summed E-state index contributed by atoms with van der Waals surface area (Å²) in [7, 11) is 0. The summed E-state index contributed by atoms with van der Waals surface area (Å²) in [6, 6.07) is 0. The summed E-state index contributed by atoms with van der Waals surface area (Å²) in [5, 5.41) is 18.0. The number of hydrogen-bond donors (Lipinski definition) is 2. The summed E-state index contributed by atoms with van der Waals surface area (Å²) < 4.78 is 26.5. The maximum atomic E-state index is 13.3. The number of aliphatic carboxylic acids is 1. The minimum absolute atomic E-state index is 0.152. The second-order valence-electron chi connectivity index (χ2n) is 3.96. The topological polar surface area (TPSA) is 77.8 Å². The molecule has 0 aliphatic carbocycles. The highest BCUT2D eigenvalue weighted by molar-refractivity contribution is 5.78. The van der Waals surface area contributed by atoms with Gasteiger partial charge < -0.3 is 15.1 Å². The highest BCUT2D eigenvalue weighted by Gasteiger charge is 2.60. The fourth-order valence-corrected chi connectivity index (χ4v) is 1.76. The van der Waals surface area contributed by atoms with E-state index in [4.69, 9.17) is 5.11 Å². The van der Waals surface area contributed by atoms with Crippen molar-refractivity contribution in [3.8, 4) is 0 Å². The third kappa shape index (κ3) is 1.99. The van der Waals surface area contributed by atoms with Gasteiger partial charge in [0.2, 0.25) is 5.91 Å².